The van der Waals surface area contributed by atoms with Gasteiger partial charge in [-0.05, 0) is 68.7 Å². The lowest BCUT2D eigenvalue weighted by atomic mass is 9.87. The van der Waals surface area contributed by atoms with Crippen LogP contribution in [0.3, 0.4) is 0 Å². The monoisotopic (exact) mass is 449 g/mol. The number of aromatic amines is 1. The molecule has 6 heteroatoms. The third-order valence-corrected chi connectivity index (χ3v) is 6.60. The maximum atomic E-state index is 13.1. The van der Waals surface area contributed by atoms with Gasteiger partial charge in [-0.15, -0.1) is 0 Å². The molecule has 2 unspecified atom stereocenters. The summed E-state index contributed by atoms with van der Waals surface area (Å²) in [6.45, 7) is 9.93. The number of fused-ring (bicyclic) bond motifs is 2. The first-order chi connectivity index (χ1) is 16.1. The second kappa shape index (κ2) is 10.8. The molecule has 1 amide bonds. The van der Waals surface area contributed by atoms with Crippen LogP contribution in [0.1, 0.15) is 57.1 Å². The number of amides is 1. The summed E-state index contributed by atoms with van der Waals surface area (Å²) in [6.07, 6.45) is 4.46. The van der Waals surface area contributed by atoms with Crippen molar-refractivity contribution in [2.75, 3.05) is 26.4 Å². The number of para-hydroxylation sites is 1. The summed E-state index contributed by atoms with van der Waals surface area (Å²) in [5.74, 6) is 1.47. The van der Waals surface area contributed by atoms with E-state index in [0.29, 0.717) is 6.42 Å². The molecule has 2 atom stereocenters. The van der Waals surface area contributed by atoms with E-state index in [9.17, 15) is 4.79 Å². The summed E-state index contributed by atoms with van der Waals surface area (Å²) in [4.78, 5) is 18.9. The number of aromatic nitrogens is 1. The molecule has 0 saturated carbocycles. The highest BCUT2D eigenvalue weighted by molar-refractivity contribution is 5.86. The van der Waals surface area contributed by atoms with Gasteiger partial charge in [0.25, 0.3) is 0 Å². The molecule has 2 aromatic carbocycles. The summed E-state index contributed by atoms with van der Waals surface area (Å²) in [5, 5.41) is 4.37. The van der Waals surface area contributed by atoms with Crippen molar-refractivity contribution < 1.29 is 14.3 Å². The number of rotatable bonds is 11. The first-order valence-corrected chi connectivity index (χ1v) is 12.1. The molecule has 0 bridgehead atoms. The van der Waals surface area contributed by atoms with E-state index < -0.39 is 0 Å². The van der Waals surface area contributed by atoms with Crippen LogP contribution in [0.5, 0.6) is 11.5 Å². The smallest absolute Gasteiger partial charge is 0.231 e. The van der Waals surface area contributed by atoms with Crippen molar-refractivity contribution in [2.24, 2.45) is 0 Å². The van der Waals surface area contributed by atoms with Crippen LogP contribution in [-0.4, -0.2) is 48.3 Å². The van der Waals surface area contributed by atoms with Crippen LogP contribution in [0.2, 0.25) is 0 Å². The molecular weight excluding hydrogens is 414 g/mol. The molecule has 2 heterocycles. The molecule has 2 N–H and O–H groups in total. The van der Waals surface area contributed by atoms with Crippen molar-refractivity contribution in [3.63, 3.8) is 0 Å². The molecule has 4 rings (SSSR count). The lowest BCUT2D eigenvalue weighted by Gasteiger charge is -2.21. The van der Waals surface area contributed by atoms with Gasteiger partial charge in [-0.2, -0.15) is 0 Å². The molecule has 0 radical (unpaired) electrons. The van der Waals surface area contributed by atoms with Gasteiger partial charge in [0.15, 0.2) is 11.5 Å². The second-order valence-electron chi connectivity index (χ2n) is 8.80. The average Bonchev–Trinajstić information content (AvgIpc) is 3.47. The highest BCUT2D eigenvalue weighted by Gasteiger charge is 2.24. The van der Waals surface area contributed by atoms with E-state index in [1.165, 1.54) is 0 Å². The molecule has 33 heavy (non-hydrogen) atoms. The molecule has 1 aliphatic rings. The van der Waals surface area contributed by atoms with E-state index in [4.69, 9.17) is 9.47 Å². The zero-order valence-corrected chi connectivity index (χ0v) is 19.9. The number of H-pyrrole nitrogens is 1. The standard InChI is InChI=1S/C27H35N3O3/c1-4-30(5-2)14-8-9-19(3)29-27(31)16-22(20-12-13-25-26(15-20)33-18-32-25)23-17-28-24-11-7-6-10-21(23)24/h6-7,10-13,15,17,19,22,28H,4-5,8-9,14,16,18H2,1-3H3,(H,29,31). The lowest BCUT2D eigenvalue weighted by molar-refractivity contribution is -0.121. The Morgan fingerprint density at radius 2 is 1.91 bits per heavy atom. The number of ether oxygens (including phenoxy) is 2. The second-order valence-corrected chi connectivity index (χ2v) is 8.80. The Kier molecular flexibility index (Phi) is 7.55. The minimum absolute atomic E-state index is 0.0679. The predicted octanol–water partition coefficient (Wildman–Crippen LogP) is 5.05. The summed E-state index contributed by atoms with van der Waals surface area (Å²) in [5.41, 5.74) is 3.24. The van der Waals surface area contributed by atoms with E-state index in [1.54, 1.807) is 0 Å². The molecule has 0 saturated heterocycles. The van der Waals surface area contributed by atoms with Gasteiger partial charge >= 0.3 is 0 Å². The van der Waals surface area contributed by atoms with E-state index in [1.807, 2.05) is 36.5 Å². The van der Waals surface area contributed by atoms with Crippen molar-refractivity contribution in [2.45, 2.75) is 52.0 Å². The molecule has 0 spiro atoms. The van der Waals surface area contributed by atoms with E-state index in [-0.39, 0.29) is 24.7 Å². The topological polar surface area (TPSA) is 66.6 Å². The van der Waals surface area contributed by atoms with Crippen LogP contribution in [0.4, 0.5) is 0 Å². The van der Waals surface area contributed by atoms with Crippen molar-refractivity contribution in [1.82, 2.24) is 15.2 Å². The molecule has 176 valence electrons. The lowest BCUT2D eigenvalue weighted by Crippen LogP contribution is -2.34. The van der Waals surface area contributed by atoms with Gasteiger partial charge in [0.05, 0.1) is 0 Å². The SMILES string of the molecule is CCN(CC)CCCC(C)NC(=O)CC(c1ccc2c(c1)OCO2)c1c[nH]c2ccccc12. The number of hydrogen-bond acceptors (Lipinski definition) is 4. The first kappa shape index (κ1) is 23.2. The Morgan fingerprint density at radius 3 is 2.73 bits per heavy atom. The number of carbonyl (C=O) groups excluding carboxylic acids is 1. The molecule has 0 aliphatic carbocycles. The third kappa shape index (κ3) is 5.50. The fourth-order valence-corrected chi connectivity index (χ4v) is 4.67. The highest BCUT2D eigenvalue weighted by Crippen LogP contribution is 2.39. The fourth-order valence-electron chi connectivity index (χ4n) is 4.67. The minimum Gasteiger partial charge on any atom is -0.454 e. The van der Waals surface area contributed by atoms with E-state index in [2.05, 4.69) is 48.1 Å². The summed E-state index contributed by atoms with van der Waals surface area (Å²) in [7, 11) is 0. The zero-order valence-electron chi connectivity index (χ0n) is 19.9. The Labute approximate surface area is 196 Å². The molecular formula is C27H35N3O3. The van der Waals surface area contributed by atoms with Gasteiger partial charge in [0, 0.05) is 35.5 Å². The van der Waals surface area contributed by atoms with Crippen LogP contribution >= 0.6 is 0 Å². The van der Waals surface area contributed by atoms with Crippen molar-refractivity contribution in [3.8, 4) is 11.5 Å². The van der Waals surface area contributed by atoms with Gasteiger partial charge in [-0.25, -0.2) is 0 Å². The van der Waals surface area contributed by atoms with Crippen LogP contribution in [0, 0.1) is 0 Å². The van der Waals surface area contributed by atoms with Gasteiger partial charge < -0.3 is 24.7 Å². The summed E-state index contributed by atoms with van der Waals surface area (Å²) >= 11 is 0. The molecule has 1 aliphatic heterocycles. The maximum Gasteiger partial charge on any atom is 0.231 e. The molecule has 0 fully saturated rings. The maximum absolute atomic E-state index is 13.1. The Hall–Kier alpha value is -2.99. The Bertz CT molecular complexity index is 1070. The van der Waals surface area contributed by atoms with Crippen LogP contribution < -0.4 is 14.8 Å². The predicted molar refractivity (Wildman–Crippen MR) is 132 cm³/mol. The van der Waals surface area contributed by atoms with Crippen molar-refractivity contribution in [1.29, 1.82) is 0 Å². The summed E-state index contributed by atoms with van der Waals surface area (Å²) in [6, 6.07) is 14.4. The number of benzene rings is 2. The Balaban J connectivity index is 1.49. The quantitative estimate of drug-likeness (QED) is 0.430. The minimum atomic E-state index is -0.0847. The first-order valence-electron chi connectivity index (χ1n) is 12.1. The number of hydrogen-bond donors (Lipinski definition) is 2. The Morgan fingerprint density at radius 1 is 1.12 bits per heavy atom. The van der Waals surface area contributed by atoms with Gasteiger partial charge in [-0.3, -0.25) is 4.79 Å². The number of carbonyl (C=O) groups is 1. The van der Waals surface area contributed by atoms with Gasteiger partial charge in [0.2, 0.25) is 12.7 Å². The third-order valence-electron chi connectivity index (χ3n) is 6.60. The van der Waals surface area contributed by atoms with Gasteiger partial charge in [0.1, 0.15) is 0 Å². The van der Waals surface area contributed by atoms with E-state index in [0.717, 1.165) is 66.0 Å². The van der Waals surface area contributed by atoms with Gasteiger partial charge in [-0.1, -0.05) is 38.1 Å². The normalized spacial score (nSPS) is 14.5. The number of nitrogens with zero attached hydrogens (tertiary/aromatic N) is 1. The fraction of sp³-hybridized carbons (Fsp3) is 0.444. The van der Waals surface area contributed by atoms with Crippen LogP contribution in [0.15, 0.2) is 48.7 Å². The largest absolute Gasteiger partial charge is 0.454 e. The summed E-state index contributed by atoms with van der Waals surface area (Å²) < 4.78 is 11.1. The zero-order chi connectivity index (χ0) is 23.2. The number of nitrogens with one attached hydrogen (secondary N) is 2. The van der Waals surface area contributed by atoms with Crippen LogP contribution in [0.25, 0.3) is 10.9 Å². The molecule has 3 aromatic rings. The van der Waals surface area contributed by atoms with E-state index >= 15 is 0 Å². The van der Waals surface area contributed by atoms with Crippen LogP contribution in [-0.2, 0) is 4.79 Å². The van der Waals surface area contributed by atoms with Crippen molar-refractivity contribution >= 4 is 16.8 Å². The van der Waals surface area contributed by atoms with Crippen molar-refractivity contribution in [3.05, 3.63) is 59.8 Å². The average molecular weight is 450 g/mol. The molecule has 1 aromatic heterocycles. The molecule has 6 nitrogen and oxygen atoms in total. The highest BCUT2D eigenvalue weighted by atomic mass is 16.7.